The molecular weight excluding hydrogens is 232 g/mol. The fraction of sp³-hybridized carbons (Fsp3) is 0.571. The van der Waals surface area contributed by atoms with Crippen molar-refractivity contribution in [3.63, 3.8) is 0 Å². The van der Waals surface area contributed by atoms with Gasteiger partial charge in [0, 0.05) is 0 Å². The summed E-state index contributed by atoms with van der Waals surface area (Å²) in [5, 5.41) is 0. The van der Waals surface area contributed by atoms with Crippen molar-refractivity contribution in [1.82, 2.24) is 0 Å². The molecule has 0 radical (unpaired) electrons. The molecule has 1 saturated heterocycles. The van der Waals surface area contributed by atoms with Crippen LogP contribution in [-0.2, 0) is 9.84 Å². The van der Waals surface area contributed by atoms with Crippen LogP contribution in [0.3, 0.4) is 0 Å². The number of rotatable bonds is 1. The van der Waals surface area contributed by atoms with E-state index in [0.717, 1.165) is 0 Å². The van der Waals surface area contributed by atoms with Crippen molar-refractivity contribution in [3.05, 3.63) is 35.9 Å². The minimum absolute atomic E-state index is 0.121. The van der Waals surface area contributed by atoms with Gasteiger partial charge in [0.1, 0.15) is 0 Å². The maximum atomic E-state index is 11.8. The maximum Gasteiger partial charge on any atom is 0.150 e. The first-order chi connectivity index (χ1) is 7.92. The molecule has 0 unspecified atom stereocenters. The maximum absolute atomic E-state index is 11.8. The van der Waals surface area contributed by atoms with Gasteiger partial charge in [0.25, 0.3) is 0 Å². The Balaban J connectivity index is 1.98. The standard InChI is InChI=1S/C14H18O2S/c1-14(2)12-9-17(15,16)8-11(12)13(14)10-6-4-3-5-7-10/h3-7,11-13H,8-9H2,1-2H3/t11-,12+,13+/m0/s1. The van der Waals surface area contributed by atoms with Crippen molar-refractivity contribution in [2.45, 2.75) is 19.8 Å². The molecule has 2 nitrogen and oxygen atoms in total. The SMILES string of the molecule is CC1(C)[C@@H]2CS(=O)(=O)C[C@@H]2[C@H]1c1ccccc1. The minimum atomic E-state index is -2.79. The second kappa shape index (κ2) is 3.35. The Morgan fingerprint density at radius 1 is 1.12 bits per heavy atom. The lowest BCUT2D eigenvalue weighted by atomic mass is 9.48. The van der Waals surface area contributed by atoms with Gasteiger partial charge in [-0.3, -0.25) is 0 Å². The summed E-state index contributed by atoms with van der Waals surface area (Å²) >= 11 is 0. The Morgan fingerprint density at radius 2 is 1.76 bits per heavy atom. The molecule has 3 atom stereocenters. The molecular formula is C14H18O2S. The van der Waals surface area contributed by atoms with Gasteiger partial charge in [0.2, 0.25) is 0 Å². The van der Waals surface area contributed by atoms with Crippen LogP contribution in [0.4, 0.5) is 0 Å². The van der Waals surface area contributed by atoms with Crippen LogP contribution >= 0.6 is 0 Å². The van der Waals surface area contributed by atoms with Crippen LogP contribution in [0.5, 0.6) is 0 Å². The summed E-state index contributed by atoms with van der Waals surface area (Å²) in [5.41, 5.74) is 1.42. The van der Waals surface area contributed by atoms with Crippen LogP contribution in [0, 0.1) is 17.3 Å². The number of sulfone groups is 1. The third-order valence-electron chi connectivity index (χ3n) is 4.74. The largest absolute Gasteiger partial charge is 0.229 e. The van der Waals surface area contributed by atoms with Crippen molar-refractivity contribution < 1.29 is 8.42 Å². The molecule has 1 aromatic rings. The predicted molar refractivity (Wildman–Crippen MR) is 68.6 cm³/mol. The molecule has 2 fully saturated rings. The van der Waals surface area contributed by atoms with Crippen molar-refractivity contribution in [2.24, 2.45) is 17.3 Å². The van der Waals surface area contributed by atoms with Crippen LogP contribution in [-0.4, -0.2) is 19.9 Å². The molecule has 0 spiro atoms. The first kappa shape index (κ1) is 11.3. The molecule has 17 heavy (non-hydrogen) atoms. The average Bonchev–Trinajstić information content (AvgIpc) is 2.54. The third kappa shape index (κ3) is 1.55. The molecule has 0 aromatic heterocycles. The first-order valence-electron chi connectivity index (χ1n) is 6.17. The second-order valence-corrected chi connectivity index (χ2v) is 8.21. The summed E-state index contributed by atoms with van der Waals surface area (Å²) in [7, 11) is -2.79. The fourth-order valence-electron chi connectivity index (χ4n) is 3.97. The van der Waals surface area contributed by atoms with Gasteiger partial charge >= 0.3 is 0 Å². The molecule has 92 valence electrons. The molecule has 1 heterocycles. The van der Waals surface area contributed by atoms with Gasteiger partial charge in [0.15, 0.2) is 9.84 Å². The number of benzene rings is 1. The zero-order valence-electron chi connectivity index (χ0n) is 10.3. The van der Waals surface area contributed by atoms with E-state index in [0.29, 0.717) is 29.3 Å². The lowest BCUT2D eigenvalue weighted by molar-refractivity contribution is -0.0101. The molecule has 1 aliphatic heterocycles. The predicted octanol–water partition coefficient (Wildman–Crippen LogP) is 2.47. The highest BCUT2D eigenvalue weighted by molar-refractivity contribution is 7.91. The topological polar surface area (TPSA) is 34.1 Å². The molecule has 1 aromatic carbocycles. The highest BCUT2D eigenvalue weighted by Crippen LogP contribution is 2.63. The molecule has 0 N–H and O–H groups in total. The molecule has 2 aliphatic rings. The summed E-state index contributed by atoms with van der Waals surface area (Å²) in [5.74, 6) is 1.90. The van der Waals surface area contributed by atoms with E-state index in [1.165, 1.54) is 5.56 Å². The molecule has 0 bridgehead atoms. The first-order valence-corrected chi connectivity index (χ1v) is 7.99. The van der Waals surface area contributed by atoms with E-state index in [4.69, 9.17) is 0 Å². The van der Waals surface area contributed by atoms with Gasteiger partial charge in [-0.05, 0) is 28.7 Å². The van der Waals surface area contributed by atoms with Crippen LogP contribution in [0.25, 0.3) is 0 Å². The Bertz CT molecular complexity index is 531. The summed E-state index contributed by atoms with van der Waals surface area (Å²) < 4.78 is 23.5. The summed E-state index contributed by atoms with van der Waals surface area (Å²) in [6, 6.07) is 10.4. The summed E-state index contributed by atoms with van der Waals surface area (Å²) in [6.07, 6.45) is 0. The van der Waals surface area contributed by atoms with Gasteiger partial charge in [0.05, 0.1) is 11.5 Å². The van der Waals surface area contributed by atoms with Gasteiger partial charge in [-0.2, -0.15) is 0 Å². The van der Waals surface area contributed by atoms with Crippen LogP contribution in [0.2, 0.25) is 0 Å². The summed E-state index contributed by atoms with van der Waals surface area (Å²) in [6.45, 7) is 4.43. The van der Waals surface area contributed by atoms with Gasteiger partial charge in [-0.15, -0.1) is 0 Å². The van der Waals surface area contributed by atoms with Gasteiger partial charge < -0.3 is 0 Å². The highest BCUT2D eigenvalue weighted by atomic mass is 32.2. The molecule has 0 amide bonds. The number of fused-ring (bicyclic) bond motifs is 1. The average molecular weight is 250 g/mol. The molecule has 1 aliphatic carbocycles. The molecule has 3 heteroatoms. The van der Waals surface area contributed by atoms with Crippen molar-refractivity contribution >= 4 is 9.84 Å². The van der Waals surface area contributed by atoms with E-state index >= 15 is 0 Å². The lowest BCUT2D eigenvalue weighted by Crippen LogP contribution is -2.50. The van der Waals surface area contributed by atoms with E-state index in [1.54, 1.807) is 0 Å². The van der Waals surface area contributed by atoms with Crippen molar-refractivity contribution in [3.8, 4) is 0 Å². The zero-order valence-corrected chi connectivity index (χ0v) is 11.1. The van der Waals surface area contributed by atoms with Crippen molar-refractivity contribution in [1.29, 1.82) is 0 Å². The van der Waals surface area contributed by atoms with Gasteiger partial charge in [-0.1, -0.05) is 44.2 Å². The molecule has 1 saturated carbocycles. The second-order valence-electron chi connectivity index (χ2n) is 6.06. The lowest BCUT2D eigenvalue weighted by Gasteiger charge is -2.55. The fourth-order valence-corrected chi connectivity index (χ4v) is 6.34. The summed E-state index contributed by atoms with van der Waals surface area (Å²) in [4.78, 5) is 0. The van der Waals surface area contributed by atoms with Crippen molar-refractivity contribution in [2.75, 3.05) is 11.5 Å². The van der Waals surface area contributed by atoms with E-state index < -0.39 is 9.84 Å². The monoisotopic (exact) mass is 250 g/mol. The number of hydrogen-bond donors (Lipinski definition) is 0. The smallest absolute Gasteiger partial charge is 0.150 e. The Labute approximate surface area is 103 Å². The third-order valence-corrected chi connectivity index (χ3v) is 6.50. The highest BCUT2D eigenvalue weighted by Gasteiger charge is 2.61. The van der Waals surface area contributed by atoms with Crippen LogP contribution in [0.1, 0.15) is 25.3 Å². The van der Waals surface area contributed by atoms with E-state index in [2.05, 4.69) is 26.0 Å². The zero-order chi connectivity index (χ0) is 12.3. The van der Waals surface area contributed by atoms with E-state index in [1.807, 2.05) is 18.2 Å². The Hall–Kier alpha value is -0.830. The molecule has 3 rings (SSSR count). The number of hydrogen-bond acceptors (Lipinski definition) is 2. The normalized spacial score (nSPS) is 37.2. The van der Waals surface area contributed by atoms with Crippen LogP contribution in [0.15, 0.2) is 30.3 Å². The van der Waals surface area contributed by atoms with E-state index in [-0.39, 0.29) is 5.41 Å². The Morgan fingerprint density at radius 3 is 2.41 bits per heavy atom. The van der Waals surface area contributed by atoms with E-state index in [9.17, 15) is 8.42 Å². The minimum Gasteiger partial charge on any atom is -0.229 e. The van der Waals surface area contributed by atoms with Crippen LogP contribution < -0.4 is 0 Å². The Kier molecular flexibility index (Phi) is 2.22. The van der Waals surface area contributed by atoms with Gasteiger partial charge in [-0.25, -0.2) is 8.42 Å². The quantitative estimate of drug-likeness (QED) is 0.767.